The van der Waals surface area contributed by atoms with Crippen molar-refractivity contribution in [3.63, 3.8) is 0 Å². The van der Waals surface area contributed by atoms with Crippen LogP contribution in [0, 0.1) is 0 Å². The molecule has 2 N–H and O–H groups in total. The van der Waals surface area contributed by atoms with Gasteiger partial charge in [-0.1, -0.05) is 54.9 Å². The quantitative estimate of drug-likeness (QED) is 0.369. The second-order valence-electron chi connectivity index (χ2n) is 7.44. The van der Waals surface area contributed by atoms with Gasteiger partial charge in [0.25, 0.3) is 5.91 Å². The fourth-order valence-corrected chi connectivity index (χ4v) is 3.84. The molecule has 8 heteroatoms. The van der Waals surface area contributed by atoms with Crippen molar-refractivity contribution in [2.24, 2.45) is 5.10 Å². The maximum absolute atomic E-state index is 12.8. The van der Waals surface area contributed by atoms with Crippen molar-refractivity contribution in [3.8, 4) is 11.4 Å². The van der Waals surface area contributed by atoms with E-state index >= 15 is 0 Å². The van der Waals surface area contributed by atoms with E-state index < -0.39 is 5.91 Å². The van der Waals surface area contributed by atoms with Gasteiger partial charge in [0.1, 0.15) is 11.4 Å². The van der Waals surface area contributed by atoms with Gasteiger partial charge in [0.05, 0.1) is 22.1 Å². The molecule has 3 aromatic rings. The molecule has 0 saturated carbocycles. The van der Waals surface area contributed by atoms with Crippen molar-refractivity contribution >= 4 is 44.0 Å². The highest BCUT2D eigenvalue weighted by Gasteiger charge is 2.23. The molecule has 0 aliphatic carbocycles. The highest BCUT2D eigenvalue weighted by Crippen LogP contribution is 2.30. The Labute approximate surface area is 185 Å². The molecule has 6 nitrogen and oxygen atoms in total. The molecule has 3 rings (SSSR count). The van der Waals surface area contributed by atoms with Crippen LogP contribution >= 0.6 is 31.9 Å². The summed E-state index contributed by atoms with van der Waals surface area (Å²) in [6, 6.07) is 14.6. The third-order valence-corrected chi connectivity index (χ3v) is 5.20. The third-order valence-electron chi connectivity index (χ3n) is 4.14. The van der Waals surface area contributed by atoms with Crippen LogP contribution in [0.2, 0.25) is 0 Å². The zero-order valence-electron chi connectivity index (χ0n) is 16.1. The SMILES string of the molecule is CC(C)(C)c1cc(C(=O)NN=Cc2cc(Br)cc(Br)c2O)n(-c2ccccc2)n1. The third kappa shape index (κ3) is 4.94. The van der Waals surface area contributed by atoms with Crippen LogP contribution in [-0.4, -0.2) is 27.0 Å². The Morgan fingerprint density at radius 1 is 1.17 bits per heavy atom. The molecule has 0 fully saturated rings. The number of nitrogens with one attached hydrogen (secondary N) is 1. The van der Waals surface area contributed by atoms with Gasteiger partial charge >= 0.3 is 0 Å². The largest absolute Gasteiger partial charge is 0.506 e. The summed E-state index contributed by atoms with van der Waals surface area (Å²) in [6.45, 7) is 6.12. The van der Waals surface area contributed by atoms with Crippen LogP contribution in [0.25, 0.3) is 5.69 Å². The Morgan fingerprint density at radius 3 is 2.52 bits per heavy atom. The number of benzene rings is 2. The number of aromatic hydroxyl groups is 1. The van der Waals surface area contributed by atoms with Gasteiger partial charge < -0.3 is 5.11 Å². The van der Waals surface area contributed by atoms with E-state index in [0.717, 1.165) is 15.9 Å². The number of phenolic OH excluding ortho intramolecular Hbond substituents is 1. The topological polar surface area (TPSA) is 79.5 Å². The van der Waals surface area contributed by atoms with Gasteiger partial charge in [-0.2, -0.15) is 10.2 Å². The molecule has 0 bridgehead atoms. The number of rotatable bonds is 4. The Morgan fingerprint density at radius 2 is 1.86 bits per heavy atom. The fraction of sp³-hybridized carbons (Fsp3) is 0.190. The van der Waals surface area contributed by atoms with E-state index in [4.69, 9.17) is 0 Å². The maximum atomic E-state index is 12.8. The van der Waals surface area contributed by atoms with Gasteiger partial charge in [-0.05, 0) is 46.3 Å². The summed E-state index contributed by atoms with van der Waals surface area (Å²) in [7, 11) is 0. The predicted molar refractivity (Wildman–Crippen MR) is 121 cm³/mol. The van der Waals surface area contributed by atoms with Crippen molar-refractivity contribution in [1.82, 2.24) is 15.2 Å². The number of phenols is 1. The fourth-order valence-electron chi connectivity index (χ4n) is 2.58. The summed E-state index contributed by atoms with van der Waals surface area (Å²) in [6.07, 6.45) is 1.39. The van der Waals surface area contributed by atoms with Crippen LogP contribution in [0.4, 0.5) is 0 Å². The highest BCUT2D eigenvalue weighted by molar-refractivity contribution is 9.11. The normalized spacial score (nSPS) is 11.8. The number of amides is 1. The van der Waals surface area contributed by atoms with Crippen LogP contribution < -0.4 is 5.43 Å². The second kappa shape index (κ2) is 8.51. The van der Waals surface area contributed by atoms with E-state index in [1.807, 2.05) is 51.1 Å². The smallest absolute Gasteiger partial charge is 0.290 e. The zero-order chi connectivity index (χ0) is 21.2. The van der Waals surface area contributed by atoms with Crippen molar-refractivity contribution in [1.29, 1.82) is 0 Å². The first-order valence-corrected chi connectivity index (χ1v) is 10.4. The molecule has 0 atom stereocenters. The van der Waals surface area contributed by atoms with E-state index in [1.165, 1.54) is 6.21 Å². The number of hydrogen-bond acceptors (Lipinski definition) is 4. The lowest BCUT2D eigenvalue weighted by Crippen LogP contribution is -2.21. The lowest BCUT2D eigenvalue weighted by molar-refractivity contribution is 0.0947. The molecule has 1 heterocycles. The molecule has 29 heavy (non-hydrogen) atoms. The van der Waals surface area contributed by atoms with Gasteiger partial charge in [-0.25, -0.2) is 10.1 Å². The molecule has 1 amide bonds. The number of hydrogen-bond donors (Lipinski definition) is 2. The first kappa shape index (κ1) is 21.3. The summed E-state index contributed by atoms with van der Waals surface area (Å²) >= 11 is 6.63. The highest BCUT2D eigenvalue weighted by atomic mass is 79.9. The minimum absolute atomic E-state index is 0.0375. The molecule has 0 aliphatic rings. The van der Waals surface area contributed by atoms with E-state index in [2.05, 4.69) is 47.5 Å². The number of hydrazone groups is 1. The van der Waals surface area contributed by atoms with Crippen LogP contribution in [0.5, 0.6) is 5.75 Å². The van der Waals surface area contributed by atoms with Crippen molar-refractivity contribution < 1.29 is 9.90 Å². The first-order valence-electron chi connectivity index (χ1n) is 8.84. The molecular formula is C21H20Br2N4O2. The Hall–Kier alpha value is -2.45. The number of para-hydroxylation sites is 1. The molecule has 0 radical (unpaired) electrons. The van der Waals surface area contributed by atoms with E-state index in [9.17, 15) is 9.90 Å². The second-order valence-corrected chi connectivity index (χ2v) is 9.21. The number of carbonyl (C=O) groups excluding carboxylic acids is 1. The molecule has 0 unspecified atom stereocenters. The summed E-state index contributed by atoms with van der Waals surface area (Å²) in [5, 5.41) is 18.7. The zero-order valence-corrected chi connectivity index (χ0v) is 19.3. The lowest BCUT2D eigenvalue weighted by atomic mass is 9.92. The maximum Gasteiger partial charge on any atom is 0.290 e. The lowest BCUT2D eigenvalue weighted by Gasteiger charge is -2.14. The minimum Gasteiger partial charge on any atom is -0.506 e. The van der Waals surface area contributed by atoms with E-state index in [0.29, 0.717) is 15.7 Å². The summed E-state index contributed by atoms with van der Waals surface area (Å²) < 4.78 is 2.90. The summed E-state index contributed by atoms with van der Waals surface area (Å²) in [5.41, 5.74) is 4.71. The van der Waals surface area contributed by atoms with Crippen molar-refractivity contribution in [2.45, 2.75) is 26.2 Å². The van der Waals surface area contributed by atoms with Gasteiger partial charge in [-0.15, -0.1) is 0 Å². The Balaban J connectivity index is 1.90. The predicted octanol–water partition coefficient (Wildman–Crippen LogP) is 5.16. The summed E-state index contributed by atoms with van der Waals surface area (Å²) in [4.78, 5) is 12.8. The van der Waals surface area contributed by atoms with Crippen molar-refractivity contribution in [2.75, 3.05) is 0 Å². The van der Waals surface area contributed by atoms with Crippen LogP contribution in [0.1, 0.15) is 42.5 Å². The molecule has 2 aromatic carbocycles. The molecule has 150 valence electrons. The van der Waals surface area contributed by atoms with E-state index in [1.54, 1.807) is 22.9 Å². The van der Waals surface area contributed by atoms with Gasteiger partial charge in [-0.3, -0.25) is 4.79 Å². The number of aromatic nitrogens is 2. The van der Waals surface area contributed by atoms with Crippen LogP contribution in [0.3, 0.4) is 0 Å². The monoisotopic (exact) mass is 518 g/mol. The van der Waals surface area contributed by atoms with Gasteiger partial charge in [0.15, 0.2) is 0 Å². The Bertz CT molecular complexity index is 1070. The Kier molecular flexibility index (Phi) is 6.24. The standard InChI is InChI=1S/C21H20Br2N4O2/c1-21(2,3)18-11-17(27(26-18)15-7-5-4-6-8-15)20(29)25-24-12-13-9-14(22)10-16(23)19(13)28/h4-12,28H,1-3H3,(H,25,29). The number of carbonyl (C=O) groups is 1. The molecule has 0 spiro atoms. The number of halogens is 2. The number of nitrogens with zero attached hydrogens (tertiary/aromatic N) is 3. The molecule has 1 aromatic heterocycles. The average molecular weight is 520 g/mol. The first-order chi connectivity index (χ1) is 13.7. The minimum atomic E-state index is -0.401. The molecule has 0 aliphatic heterocycles. The van der Waals surface area contributed by atoms with Crippen molar-refractivity contribution in [3.05, 3.63) is 74.4 Å². The van der Waals surface area contributed by atoms with Gasteiger partial charge in [0, 0.05) is 15.5 Å². The van der Waals surface area contributed by atoms with Crippen LogP contribution in [0.15, 0.2) is 62.6 Å². The molecular weight excluding hydrogens is 500 g/mol. The summed E-state index contributed by atoms with van der Waals surface area (Å²) in [5.74, 6) is -0.364. The average Bonchev–Trinajstić information content (AvgIpc) is 3.12. The van der Waals surface area contributed by atoms with Gasteiger partial charge in [0.2, 0.25) is 0 Å². The van der Waals surface area contributed by atoms with Crippen LogP contribution in [-0.2, 0) is 5.41 Å². The molecule has 0 saturated heterocycles. The van der Waals surface area contributed by atoms with E-state index in [-0.39, 0.29) is 11.2 Å².